The fourth-order valence-electron chi connectivity index (χ4n) is 1.94. The van der Waals surface area contributed by atoms with E-state index in [0.717, 1.165) is 5.38 Å². The van der Waals surface area contributed by atoms with Crippen molar-refractivity contribution in [3.63, 3.8) is 0 Å². The topological polar surface area (TPSA) is 27.7 Å². The molecule has 1 aliphatic carbocycles. The lowest BCUT2D eigenvalue weighted by Crippen LogP contribution is -2.29. The van der Waals surface area contributed by atoms with Crippen LogP contribution >= 0.6 is 0 Å². The second-order valence-electron chi connectivity index (χ2n) is 3.80. The molecule has 0 heterocycles. The summed E-state index contributed by atoms with van der Waals surface area (Å²) < 4.78 is 15.7. The van der Waals surface area contributed by atoms with Crippen molar-refractivity contribution >= 4 is 14.7 Å². The molecule has 0 saturated heterocycles. The molecule has 0 saturated carbocycles. The van der Waals surface area contributed by atoms with Crippen LogP contribution in [0.2, 0.25) is 0 Å². The zero-order chi connectivity index (χ0) is 12.3. The van der Waals surface area contributed by atoms with Crippen LogP contribution in [0.15, 0.2) is 29.5 Å². The van der Waals surface area contributed by atoms with Gasteiger partial charge in [-0.25, -0.2) is 0 Å². The Kier molecular flexibility index (Phi) is 3.74. The molecule has 1 aromatic rings. The molecule has 0 aliphatic heterocycles. The first-order valence-corrected chi connectivity index (χ1v) is 6.54. The third kappa shape index (κ3) is 2.31. The van der Waals surface area contributed by atoms with Crippen LogP contribution in [0.4, 0.5) is 0 Å². The quantitative estimate of drug-likeness (QED) is 0.578. The van der Waals surface area contributed by atoms with Gasteiger partial charge in [0.25, 0.3) is 0 Å². The van der Waals surface area contributed by atoms with Gasteiger partial charge in [0.05, 0.1) is 21.3 Å². The Morgan fingerprint density at radius 1 is 1.06 bits per heavy atom. The van der Waals surface area contributed by atoms with Crippen molar-refractivity contribution in [3.8, 4) is 0 Å². The molecule has 0 N–H and O–H groups in total. The lowest BCUT2D eigenvalue weighted by molar-refractivity contribution is 0.0756. The number of hydrogen-bond acceptors (Lipinski definition) is 3. The van der Waals surface area contributed by atoms with Crippen LogP contribution in [0.1, 0.15) is 11.1 Å². The minimum atomic E-state index is 0.443. The average Bonchev–Trinajstić information content (AvgIpc) is 2.31. The van der Waals surface area contributed by atoms with E-state index in [4.69, 9.17) is 14.2 Å². The van der Waals surface area contributed by atoms with Crippen molar-refractivity contribution in [1.82, 2.24) is 0 Å². The van der Waals surface area contributed by atoms with Crippen molar-refractivity contribution in [2.24, 2.45) is 0 Å². The molecule has 1 aliphatic rings. The monoisotopic (exact) mass is 248 g/mol. The third-order valence-electron chi connectivity index (χ3n) is 2.93. The average molecular weight is 248 g/mol. The Labute approximate surface area is 104 Å². The molecule has 4 heteroatoms. The van der Waals surface area contributed by atoms with Crippen LogP contribution in [0.5, 0.6) is 0 Å². The van der Waals surface area contributed by atoms with Gasteiger partial charge in [-0.1, -0.05) is 23.4 Å². The molecule has 0 unspecified atom stereocenters. The standard InChI is InChI=1S/C13H16O3Si/c1-14-12(15-2)13(16-3)17-11-6-4-5-9-7-8-10(9)11/h4-6H,7-8H2,1-3H3. The maximum Gasteiger partial charge on any atom is 0.312 e. The summed E-state index contributed by atoms with van der Waals surface area (Å²) in [6, 6.07) is 6.45. The molecule has 0 aromatic heterocycles. The summed E-state index contributed by atoms with van der Waals surface area (Å²) in [6.45, 7) is 0. The van der Waals surface area contributed by atoms with E-state index in [1.165, 1.54) is 29.2 Å². The largest absolute Gasteiger partial charge is 0.499 e. The molecule has 0 amide bonds. The molecule has 0 atom stereocenters. The molecule has 17 heavy (non-hydrogen) atoms. The first-order valence-electron chi connectivity index (χ1n) is 5.54. The van der Waals surface area contributed by atoms with Crippen molar-refractivity contribution in [1.29, 1.82) is 0 Å². The maximum absolute atomic E-state index is 5.36. The number of hydrogen-bond donors (Lipinski definition) is 0. The first kappa shape index (κ1) is 12.0. The van der Waals surface area contributed by atoms with Gasteiger partial charge in [-0.05, 0) is 24.0 Å². The van der Waals surface area contributed by atoms with E-state index in [0.29, 0.717) is 15.5 Å². The highest BCUT2D eigenvalue weighted by molar-refractivity contribution is 6.61. The van der Waals surface area contributed by atoms with Gasteiger partial charge in [-0.3, -0.25) is 0 Å². The van der Waals surface area contributed by atoms with E-state index in [-0.39, 0.29) is 0 Å². The molecular weight excluding hydrogens is 232 g/mol. The lowest BCUT2D eigenvalue weighted by Gasteiger charge is -2.22. The Hall–Kier alpha value is -1.42. The van der Waals surface area contributed by atoms with Gasteiger partial charge in [0.2, 0.25) is 0 Å². The van der Waals surface area contributed by atoms with Gasteiger partial charge >= 0.3 is 5.95 Å². The molecule has 2 rings (SSSR count). The fraction of sp³-hybridized carbons (Fsp3) is 0.385. The SMILES string of the molecule is COC(OC)=C(OC)[Si]c1cccc2c1CC2. The van der Waals surface area contributed by atoms with E-state index in [2.05, 4.69) is 18.2 Å². The predicted molar refractivity (Wildman–Crippen MR) is 67.3 cm³/mol. The van der Waals surface area contributed by atoms with Gasteiger partial charge in [-0.2, -0.15) is 0 Å². The summed E-state index contributed by atoms with van der Waals surface area (Å²) in [5.74, 6) is 0.461. The number of methoxy groups -OCH3 is 3. The molecule has 2 radical (unpaired) electrons. The van der Waals surface area contributed by atoms with Gasteiger partial charge in [0, 0.05) is 0 Å². The Morgan fingerprint density at radius 2 is 1.82 bits per heavy atom. The number of fused-ring (bicyclic) bond motifs is 1. The molecule has 3 nitrogen and oxygen atoms in total. The summed E-state index contributed by atoms with van der Waals surface area (Å²) in [5.41, 5.74) is 2.92. The van der Waals surface area contributed by atoms with Crippen molar-refractivity contribution < 1.29 is 14.2 Å². The van der Waals surface area contributed by atoms with Crippen molar-refractivity contribution in [3.05, 3.63) is 40.7 Å². The van der Waals surface area contributed by atoms with Crippen LogP contribution in [-0.2, 0) is 27.1 Å². The van der Waals surface area contributed by atoms with Crippen LogP contribution in [0.3, 0.4) is 0 Å². The van der Waals surface area contributed by atoms with Crippen LogP contribution < -0.4 is 5.19 Å². The zero-order valence-electron chi connectivity index (χ0n) is 10.4. The summed E-state index contributed by atoms with van der Waals surface area (Å²) in [4.78, 5) is 0. The van der Waals surface area contributed by atoms with Crippen molar-refractivity contribution in [2.45, 2.75) is 12.8 Å². The summed E-state index contributed by atoms with van der Waals surface area (Å²) in [6.07, 6.45) is 2.37. The van der Waals surface area contributed by atoms with Crippen molar-refractivity contribution in [2.75, 3.05) is 21.3 Å². The molecule has 1 aromatic carbocycles. The smallest absolute Gasteiger partial charge is 0.312 e. The lowest BCUT2D eigenvalue weighted by atomic mass is 9.89. The Morgan fingerprint density at radius 3 is 2.35 bits per heavy atom. The maximum atomic E-state index is 5.36. The van der Waals surface area contributed by atoms with E-state index in [1.54, 1.807) is 21.3 Å². The number of rotatable bonds is 5. The van der Waals surface area contributed by atoms with Gasteiger partial charge in [-0.15, -0.1) is 0 Å². The first-order chi connectivity index (χ1) is 8.30. The highest BCUT2D eigenvalue weighted by Crippen LogP contribution is 2.20. The number of ether oxygens (including phenoxy) is 3. The normalized spacial score (nSPS) is 12.2. The number of benzene rings is 1. The van der Waals surface area contributed by atoms with E-state index < -0.39 is 0 Å². The third-order valence-corrected chi connectivity index (χ3v) is 4.30. The van der Waals surface area contributed by atoms with E-state index in [9.17, 15) is 0 Å². The highest BCUT2D eigenvalue weighted by Gasteiger charge is 2.20. The van der Waals surface area contributed by atoms with Crippen LogP contribution in [0, 0.1) is 0 Å². The van der Waals surface area contributed by atoms with Gasteiger partial charge < -0.3 is 14.2 Å². The molecule has 0 bridgehead atoms. The summed E-state index contributed by atoms with van der Waals surface area (Å²) in [7, 11) is 5.27. The summed E-state index contributed by atoms with van der Waals surface area (Å²) >= 11 is 0. The van der Waals surface area contributed by atoms with Crippen LogP contribution in [0.25, 0.3) is 0 Å². The zero-order valence-corrected chi connectivity index (χ0v) is 11.4. The number of aryl methyl sites for hydroxylation is 1. The summed E-state index contributed by atoms with van der Waals surface area (Å²) in [5, 5.41) is 2.09. The van der Waals surface area contributed by atoms with E-state index in [1.807, 2.05) is 0 Å². The predicted octanol–water partition coefficient (Wildman–Crippen LogP) is 1.18. The van der Waals surface area contributed by atoms with Gasteiger partial charge in [0.1, 0.15) is 0 Å². The molecular formula is C13H16O3Si. The minimum Gasteiger partial charge on any atom is -0.499 e. The molecule has 0 spiro atoms. The van der Waals surface area contributed by atoms with E-state index >= 15 is 0 Å². The molecule has 0 fully saturated rings. The Bertz CT molecular complexity index is 434. The van der Waals surface area contributed by atoms with Gasteiger partial charge in [0.15, 0.2) is 14.9 Å². The fourth-order valence-corrected chi connectivity index (χ4v) is 3.21. The van der Waals surface area contributed by atoms with Crippen LogP contribution in [-0.4, -0.2) is 30.8 Å². The highest BCUT2D eigenvalue weighted by atomic mass is 28.2. The second kappa shape index (κ2) is 5.27. The Balaban J connectivity index is 2.24. The second-order valence-corrected chi connectivity index (χ2v) is 5.04. The minimum absolute atomic E-state index is 0.443. The molecule has 90 valence electrons.